The summed E-state index contributed by atoms with van der Waals surface area (Å²) in [5, 5.41) is 2.86. The fourth-order valence-corrected chi connectivity index (χ4v) is 3.36. The maximum absolute atomic E-state index is 13.1. The third kappa shape index (κ3) is 4.14. The summed E-state index contributed by atoms with van der Waals surface area (Å²) in [6.45, 7) is 3.99. The quantitative estimate of drug-likeness (QED) is 0.833. The number of amides is 2. The van der Waals surface area contributed by atoms with Gasteiger partial charge in [-0.3, -0.25) is 9.59 Å². The SMILES string of the molecule is CCCCC(C)C(=O)NC1N=C(c2ccccc2)c2ccccc2N(C)C1=O. The molecule has 0 spiro atoms. The number of nitrogens with zero attached hydrogens (tertiary/aromatic N) is 2. The molecule has 1 heterocycles. The first-order chi connectivity index (χ1) is 13.5. The summed E-state index contributed by atoms with van der Waals surface area (Å²) in [6, 6.07) is 17.5. The van der Waals surface area contributed by atoms with Gasteiger partial charge in [-0.1, -0.05) is 75.2 Å². The Bertz CT molecular complexity index is 876. The second kappa shape index (κ2) is 8.83. The Kier molecular flexibility index (Phi) is 6.24. The lowest BCUT2D eigenvalue weighted by Crippen LogP contribution is -2.47. The standard InChI is InChI=1S/C23H27N3O2/c1-4-5-11-16(2)22(27)25-21-23(28)26(3)19-15-10-9-14-18(19)20(24-21)17-12-7-6-8-13-17/h6-10,12-16,21H,4-5,11H2,1-3H3,(H,25,27). The van der Waals surface area contributed by atoms with Crippen molar-refractivity contribution in [2.24, 2.45) is 10.9 Å². The maximum Gasteiger partial charge on any atom is 0.272 e. The van der Waals surface area contributed by atoms with Crippen molar-refractivity contribution in [3.63, 3.8) is 0 Å². The lowest BCUT2D eigenvalue weighted by atomic mass is 10.0. The van der Waals surface area contributed by atoms with E-state index in [1.165, 1.54) is 0 Å². The fourth-order valence-electron chi connectivity index (χ4n) is 3.36. The number of benzodiazepines with no additional fused rings is 1. The number of rotatable bonds is 6. The number of benzene rings is 2. The molecule has 2 atom stereocenters. The number of unbranched alkanes of at least 4 members (excludes halogenated alkanes) is 1. The van der Waals surface area contributed by atoms with E-state index < -0.39 is 6.17 Å². The smallest absolute Gasteiger partial charge is 0.272 e. The van der Waals surface area contributed by atoms with Crippen molar-refractivity contribution in [2.75, 3.05) is 11.9 Å². The number of fused-ring (bicyclic) bond motifs is 1. The minimum absolute atomic E-state index is 0.137. The Balaban J connectivity index is 1.99. The van der Waals surface area contributed by atoms with Crippen molar-refractivity contribution in [3.8, 4) is 0 Å². The van der Waals surface area contributed by atoms with Crippen molar-refractivity contribution < 1.29 is 9.59 Å². The molecule has 146 valence electrons. The molecule has 0 saturated heterocycles. The molecule has 0 saturated carbocycles. The second-order valence-corrected chi connectivity index (χ2v) is 7.21. The summed E-state index contributed by atoms with van der Waals surface area (Å²) in [5.74, 6) is -0.532. The number of anilines is 1. The predicted molar refractivity (Wildman–Crippen MR) is 113 cm³/mol. The number of hydrogen-bond acceptors (Lipinski definition) is 3. The first kappa shape index (κ1) is 19.8. The summed E-state index contributed by atoms with van der Waals surface area (Å²) in [4.78, 5) is 32.0. The minimum Gasteiger partial charge on any atom is -0.326 e. The Labute approximate surface area is 166 Å². The van der Waals surface area contributed by atoms with Crippen molar-refractivity contribution in [2.45, 2.75) is 39.3 Å². The molecule has 1 aliphatic rings. The average molecular weight is 377 g/mol. The number of carbonyl (C=O) groups excluding carboxylic acids is 2. The van der Waals surface area contributed by atoms with E-state index in [1.54, 1.807) is 11.9 Å². The first-order valence-electron chi connectivity index (χ1n) is 9.83. The van der Waals surface area contributed by atoms with Crippen molar-refractivity contribution in [3.05, 3.63) is 65.7 Å². The van der Waals surface area contributed by atoms with Crippen molar-refractivity contribution >= 4 is 23.2 Å². The first-order valence-corrected chi connectivity index (χ1v) is 9.83. The van der Waals surface area contributed by atoms with Gasteiger partial charge in [0.25, 0.3) is 5.91 Å². The molecule has 0 aromatic heterocycles. The van der Waals surface area contributed by atoms with Gasteiger partial charge < -0.3 is 10.2 Å². The molecule has 0 fully saturated rings. The molecule has 5 nitrogen and oxygen atoms in total. The zero-order valence-electron chi connectivity index (χ0n) is 16.7. The highest BCUT2D eigenvalue weighted by molar-refractivity contribution is 6.20. The summed E-state index contributed by atoms with van der Waals surface area (Å²) < 4.78 is 0. The van der Waals surface area contributed by atoms with Crippen LogP contribution in [0.25, 0.3) is 0 Å². The van der Waals surface area contributed by atoms with E-state index in [0.29, 0.717) is 5.71 Å². The van der Waals surface area contributed by atoms with Gasteiger partial charge in [0.05, 0.1) is 11.4 Å². The van der Waals surface area contributed by atoms with Gasteiger partial charge in [-0.05, 0) is 12.5 Å². The van der Waals surface area contributed by atoms with Gasteiger partial charge in [0.15, 0.2) is 0 Å². The van der Waals surface area contributed by atoms with Gasteiger partial charge in [-0.25, -0.2) is 4.99 Å². The molecule has 1 N–H and O–H groups in total. The Morgan fingerprint density at radius 3 is 2.54 bits per heavy atom. The van der Waals surface area contributed by atoms with Gasteiger partial charge in [0.1, 0.15) is 0 Å². The van der Waals surface area contributed by atoms with E-state index in [-0.39, 0.29) is 17.7 Å². The summed E-state index contributed by atoms with van der Waals surface area (Å²) in [5.41, 5.74) is 3.28. The Hall–Kier alpha value is -2.95. The highest BCUT2D eigenvalue weighted by Gasteiger charge is 2.31. The van der Waals surface area contributed by atoms with Crippen LogP contribution >= 0.6 is 0 Å². The molecule has 2 unspecified atom stereocenters. The Morgan fingerprint density at radius 2 is 1.82 bits per heavy atom. The molecular weight excluding hydrogens is 350 g/mol. The molecule has 2 amide bonds. The third-order valence-electron chi connectivity index (χ3n) is 5.11. The van der Waals surface area contributed by atoms with Gasteiger partial charge in [0.2, 0.25) is 12.1 Å². The van der Waals surface area contributed by atoms with Crippen molar-refractivity contribution in [1.29, 1.82) is 0 Å². The molecule has 1 aliphatic heterocycles. The number of para-hydroxylation sites is 1. The van der Waals surface area contributed by atoms with Gasteiger partial charge in [-0.15, -0.1) is 0 Å². The van der Waals surface area contributed by atoms with E-state index in [2.05, 4.69) is 12.2 Å². The molecule has 2 aromatic carbocycles. The van der Waals surface area contributed by atoms with Crippen LogP contribution in [-0.4, -0.2) is 30.7 Å². The maximum atomic E-state index is 13.1. The van der Waals surface area contributed by atoms with Crippen LogP contribution < -0.4 is 10.2 Å². The zero-order chi connectivity index (χ0) is 20.1. The highest BCUT2D eigenvalue weighted by Crippen LogP contribution is 2.27. The lowest BCUT2D eigenvalue weighted by Gasteiger charge is -2.22. The fraction of sp³-hybridized carbons (Fsp3) is 0.348. The van der Waals surface area contributed by atoms with Crippen LogP contribution in [0.2, 0.25) is 0 Å². The van der Waals surface area contributed by atoms with Crippen LogP contribution in [0.15, 0.2) is 59.6 Å². The van der Waals surface area contributed by atoms with Crippen LogP contribution in [0, 0.1) is 5.92 Å². The molecule has 0 radical (unpaired) electrons. The van der Waals surface area contributed by atoms with E-state index in [9.17, 15) is 9.59 Å². The number of likely N-dealkylation sites (N-methyl/N-ethyl adjacent to an activating group) is 1. The van der Waals surface area contributed by atoms with Gasteiger partial charge >= 0.3 is 0 Å². The highest BCUT2D eigenvalue weighted by atomic mass is 16.2. The average Bonchev–Trinajstić information content (AvgIpc) is 2.83. The monoisotopic (exact) mass is 377 g/mol. The van der Waals surface area contributed by atoms with Gasteiger partial charge in [-0.2, -0.15) is 0 Å². The molecule has 3 rings (SSSR count). The second-order valence-electron chi connectivity index (χ2n) is 7.21. The minimum atomic E-state index is -0.941. The predicted octanol–water partition coefficient (Wildman–Crippen LogP) is 3.77. The summed E-state index contributed by atoms with van der Waals surface area (Å²) in [6.07, 6.45) is 1.88. The largest absolute Gasteiger partial charge is 0.326 e. The molecule has 0 bridgehead atoms. The third-order valence-corrected chi connectivity index (χ3v) is 5.11. The van der Waals surface area contributed by atoms with Crippen LogP contribution in [0.5, 0.6) is 0 Å². The van der Waals surface area contributed by atoms with Crippen LogP contribution in [0.1, 0.15) is 44.2 Å². The normalized spacial score (nSPS) is 17.4. The van der Waals surface area contributed by atoms with Crippen LogP contribution in [0.4, 0.5) is 5.69 Å². The van der Waals surface area contributed by atoms with E-state index >= 15 is 0 Å². The van der Waals surface area contributed by atoms with Crippen LogP contribution in [0.3, 0.4) is 0 Å². The zero-order valence-corrected chi connectivity index (χ0v) is 16.7. The molecule has 5 heteroatoms. The lowest BCUT2D eigenvalue weighted by molar-refractivity contribution is -0.129. The number of carbonyl (C=O) groups is 2. The van der Waals surface area contributed by atoms with E-state index in [0.717, 1.165) is 36.1 Å². The van der Waals surface area contributed by atoms with Crippen molar-refractivity contribution in [1.82, 2.24) is 5.32 Å². The summed E-state index contributed by atoms with van der Waals surface area (Å²) in [7, 11) is 1.73. The molecule has 28 heavy (non-hydrogen) atoms. The van der Waals surface area contributed by atoms with Gasteiger partial charge in [0, 0.05) is 24.1 Å². The molecular formula is C23H27N3O2. The van der Waals surface area contributed by atoms with E-state index in [1.807, 2.05) is 61.5 Å². The number of hydrogen-bond donors (Lipinski definition) is 1. The molecule has 2 aromatic rings. The molecule has 0 aliphatic carbocycles. The Morgan fingerprint density at radius 1 is 1.14 bits per heavy atom. The summed E-state index contributed by atoms with van der Waals surface area (Å²) >= 11 is 0. The number of nitrogens with one attached hydrogen (secondary N) is 1. The van der Waals surface area contributed by atoms with E-state index in [4.69, 9.17) is 4.99 Å². The number of aliphatic imine (C=N–C) groups is 1. The topological polar surface area (TPSA) is 61.8 Å². The van der Waals surface area contributed by atoms with Crippen LogP contribution in [-0.2, 0) is 9.59 Å².